The van der Waals surface area contributed by atoms with Crippen LogP contribution in [0, 0.1) is 12.7 Å². The Morgan fingerprint density at radius 2 is 2.20 bits per heavy atom. The lowest BCUT2D eigenvalue weighted by Crippen LogP contribution is -1.89. The Morgan fingerprint density at radius 3 is 2.80 bits per heavy atom. The van der Waals surface area contributed by atoms with Gasteiger partial charge in [0.15, 0.2) is 4.34 Å². The largest absolute Gasteiger partial charge is 0.398 e. The van der Waals surface area contributed by atoms with Crippen molar-refractivity contribution >= 4 is 28.8 Å². The summed E-state index contributed by atoms with van der Waals surface area (Å²) in [5.41, 5.74) is 6.10. The van der Waals surface area contributed by atoms with Gasteiger partial charge < -0.3 is 5.73 Å². The highest BCUT2D eigenvalue weighted by Gasteiger charge is 2.06. The lowest BCUT2D eigenvalue weighted by molar-refractivity contribution is 0.627. The first-order chi connectivity index (χ1) is 7.15. The first-order valence-electron chi connectivity index (χ1n) is 4.18. The van der Waals surface area contributed by atoms with Crippen LogP contribution < -0.4 is 5.73 Å². The molecule has 0 aliphatic carbocycles. The number of nitrogen functional groups attached to an aromatic ring is 1. The van der Waals surface area contributed by atoms with Gasteiger partial charge in [-0.15, -0.1) is 10.2 Å². The molecule has 0 saturated carbocycles. The third kappa shape index (κ3) is 2.45. The van der Waals surface area contributed by atoms with Gasteiger partial charge in [0.05, 0.1) is 0 Å². The van der Waals surface area contributed by atoms with Crippen molar-refractivity contribution in [1.82, 2.24) is 10.2 Å². The SMILES string of the molecule is Cc1nnc(Sc2ccc(F)cc2N)s1. The van der Waals surface area contributed by atoms with E-state index in [4.69, 9.17) is 5.73 Å². The Hall–Kier alpha value is -1.14. The van der Waals surface area contributed by atoms with Crippen LogP contribution in [0.4, 0.5) is 10.1 Å². The highest BCUT2D eigenvalue weighted by molar-refractivity contribution is 8.01. The van der Waals surface area contributed by atoms with Crippen molar-refractivity contribution in [3.8, 4) is 0 Å². The average Bonchev–Trinajstić information content (AvgIpc) is 2.56. The van der Waals surface area contributed by atoms with Crippen molar-refractivity contribution in [2.45, 2.75) is 16.2 Å². The van der Waals surface area contributed by atoms with E-state index in [0.717, 1.165) is 14.2 Å². The maximum Gasteiger partial charge on any atom is 0.179 e. The third-order valence-electron chi connectivity index (χ3n) is 1.68. The van der Waals surface area contributed by atoms with Crippen molar-refractivity contribution < 1.29 is 4.39 Å². The van der Waals surface area contributed by atoms with Gasteiger partial charge in [-0.1, -0.05) is 23.1 Å². The summed E-state index contributed by atoms with van der Waals surface area (Å²) in [7, 11) is 0. The molecule has 1 aromatic heterocycles. The molecule has 0 aliphatic rings. The Balaban J connectivity index is 2.24. The Kier molecular flexibility index (Phi) is 2.88. The molecule has 1 heterocycles. The molecule has 2 aromatic rings. The van der Waals surface area contributed by atoms with Crippen LogP contribution in [0.1, 0.15) is 5.01 Å². The molecule has 2 N–H and O–H groups in total. The molecule has 0 radical (unpaired) electrons. The summed E-state index contributed by atoms with van der Waals surface area (Å²) < 4.78 is 13.6. The van der Waals surface area contributed by atoms with Gasteiger partial charge in [-0.25, -0.2) is 4.39 Å². The summed E-state index contributed by atoms with van der Waals surface area (Å²) in [6, 6.07) is 4.33. The Bertz CT molecular complexity index is 484. The number of aromatic nitrogens is 2. The number of rotatable bonds is 2. The van der Waals surface area contributed by atoms with E-state index in [1.165, 1.54) is 35.2 Å². The average molecular weight is 241 g/mol. The van der Waals surface area contributed by atoms with Gasteiger partial charge >= 0.3 is 0 Å². The second-order valence-corrected chi connectivity index (χ2v) is 5.34. The number of anilines is 1. The van der Waals surface area contributed by atoms with E-state index in [2.05, 4.69) is 10.2 Å². The fraction of sp³-hybridized carbons (Fsp3) is 0.111. The highest BCUT2D eigenvalue weighted by Crippen LogP contribution is 2.33. The van der Waals surface area contributed by atoms with Crippen LogP contribution in [0.2, 0.25) is 0 Å². The number of nitrogens with two attached hydrogens (primary N) is 1. The smallest absolute Gasteiger partial charge is 0.179 e. The van der Waals surface area contributed by atoms with E-state index < -0.39 is 0 Å². The molecule has 3 nitrogen and oxygen atoms in total. The summed E-state index contributed by atoms with van der Waals surface area (Å²) >= 11 is 2.88. The van der Waals surface area contributed by atoms with Gasteiger partial charge in [-0.05, 0) is 25.1 Å². The second-order valence-electron chi connectivity index (χ2n) is 2.87. The van der Waals surface area contributed by atoms with E-state index >= 15 is 0 Å². The van der Waals surface area contributed by atoms with Crippen molar-refractivity contribution in [3.05, 3.63) is 29.0 Å². The molecule has 0 spiro atoms. The van der Waals surface area contributed by atoms with Crippen molar-refractivity contribution in [2.75, 3.05) is 5.73 Å². The Morgan fingerprint density at radius 1 is 1.40 bits per heavy atom. The van der Waals surface area contributed by atoms with Gasteiger partial charge in [0, 0.05) is 10.6 Å². The predicted molar refractivity (Wildman–Crippen MR) is 59.6 cm³/mol. The number of halogens is 1. The zero-order chi connectivity index (χ0) is 10.8. The van der Waals surface area contributed by atoms with E-state index in [9.17, 15) is 4.39 Å². The number of benzene rings is 1. The van der Waals surface area contributed by atoms with Crippen LogP contribution in [-0.4, -0.2) is 10.2 Å². The number of hydrogen-bond acceptors (Lipinski definition) is 5. The summed E-state index contributed by atoms with van der Waals surface area (Å²) in [6.07, 6.45) is 0. The fourth-order valence-electron chi connectivity index (χ4n) is 1.03. The number of nitrogens with zero attached hydrogens (tertiary/aromatic N) is 2. The van der Waals surface area contributed by atoms with Gasteiger partial charge in [-0.3, -0.25) is 0 Å². The molecular weight excluding hydrogens is 233 g/mol. The third-order valence-corrected chi connectivity index (χ3v) is 3.66. The van der Waals surface area contributed by atoms with E-state index in [0.29, 0.717) is 5.69 Å². The number of hydrogen-bond donors (Lipinski definition) is 1. The maximum atomic E-state index is 12.8. The van der Waals surface area contributed by atoms with Gasteiger partial charge in [0.1, 0.15) is 10.8 Å². The lowest BCUT2D eigenvalue weighted by atomic mass is 10.3. The molecule has 6 heteroatoms. The van der Waals surface area contributed by atoms with Gasteiger partial charge in [0.25, 0.3) is 0 Å². The van der Waals surface area contributed by atoms with Crippen LogP contribution in [0.15, 0.2) is 27.4 Å². The quantitative estimate of drug-likeness (QED) is 0.821. The molecule has 0 aliphatic heterocycles. The minimum absolute atomic E-state index is 0.328. The van der Waals surface area contributed by atoms with E-state index in [-0.39, 0.29) is 5.82 Å². The minimum atomic E-state index is -0.328. The monoisotopic (exact) mass is 241 g/mol. The molecule has 0 unspecified atom stereocenters. The first kappa shape index (κ1) is 10.4. The molecule has 1 aromatic carbocycles. The summed E-state index contributed by atoms with van der Waals surface area (Å²) in [6.45, 7) is 1.88. The van der Waals surface area contributed by atoms with Crippen molar-refractivity contribution in [2.24, 2.45) is 0 Å². The standard InChI is InChI=1S/C9H8FN3S2/c1-5-12-13-9(14-5)15-8-3-2-6(10)4-7(8)11/h2-4H,11H2,1H3. The second kappa shape index (κ2) is 4.16. The molecule has 78 valence electrons. The lowest BCUT2D eigenvalue weighted by Gasteiger charge is -2.01. The summed E-state index contributed by atoms with van der Waals surface area (Å²) in [5, 5.41) is 8.75. The molecule has 15 heavy (non-hydrogen) atoms. The molecule has 0 bridgehead atoms. The molecule has 0 saturated heterocycles. The van der Waals surface area contributed by atoms with Gasteiger partial charge in [0.2, 0.25) is 0 Å². The maximum absolute atomic E-state index is 12.8. The summed E-state index contributed by atoms with van der Waals surface area (Å²) in [5.74, 6) is -0.328. The minimum Gasteiger partial charge on any atom is -0.398 e. The topological polar surface area (TPSA) is 51.8 Å². The normalized spacial score (nSPS) is 10.5. The molecular formula is C9H8FN3S2. The molecule has 0 fully saturated rings. The van der Waals surface area contributed by atoms with E-state index in [1.54, 1.807) is 6.07 Å². The van der Waals surface area contributed by atoms with Crippen LogP contribution in [0.3, 0.4) is 0 Å². The fourth-order valence-corrected chi connectivity index (χ4v) is 2.82. The zero-order valence-corrected chi connectivity index (χ0v) is 9.53. The van der Waals surface area contributed by atoms with Crippen LogP contribution in [0.25, 0.3) is 0 Å². The summed E-state index contributed by atoms with van der Waals surface area (Å²) in [4.78, 5) is 0.799. The van der Waals surface area contributed by atoms with Crippen molar-refractivity contribution in [1.29, 1.82) is 0 Å². The van der Waals surface area contributed by atoms with Crippen LogP contribution in [0.5, 0.6) is 0 Å². The molecule has 0 atom stereocenters. The zero-order valence-electron chi connectivity index (χ0n) is 7.90. The van der Waals surface area contributed by atoms with E-state index in [1.807, 2.05) is 6.92 Å². The highest BCUT2D eigenvalue weighted by atomic mass is 32.2. The van der Waals surface area contributed by atoms with Crippen LogP contribution >= 0.6 is 23.1 Å². The van der Waals surface area contributed by atoms with Gasteiger partial charge in [-0.2, -0.15) is 0 Å². The first-order valence-corrected chi connectivity index (χ1v) is 5.81. The molecule has 0 amide bonds. The van der Waals surface area contributed by atoms with Crippen LogP contribution in [-0.2, 0) is 0 Å². The Labute approximate surface area is 94.5 Å². The number of aryl methyl sites for hydroxylation is 1. The van der Waals surface area contributed by atoms with Crippen molar-refractivity contribution in [3.63, 3.8) is 0 Å². The molecule has 2 rings (SSSR count). The predicted octanol–water partition coefficient (Wildman–Crippen LogP) is 2.72.